The van der Waals surface area contributed by atoms with Crippen LogP contribution in [0.15, 0.2) is 0 Å². The molecule has 1 saturated carbocycles. The molecule has 0 radical (unpaired) electrons. The second kappa shape index (κ2) is 4.17. The Morgan fingerprint density at radius 1 is 1.29 bits per heavy atom. The number of likely N-dealkylation sites (tertiary alicyclic amines) is 1. The summed E-state index contributed by atoms with van der Waals surface area (Å²) in [4.78, 5) is 2.34. The highest BCUT2D eigenvalue weighted by atomic mass is 16.3. The third kappa shape index (κ3) is 1.69. The Balaban J connectivity index is 2.02. The van der Waals surface area contributed by atoms with Gasteiger partial charge in [0.05, 0.1) is 12.7 Å². The van der Waals surface area contributed by atoms with E-state index in [2.05, 4.69) is 11.8 Å². The molecule has 0 bridgehead atoms. The first-order chi connectivity index (χ1) is 6.74. The predicted octanol–water partition coefficient (Wildman–Crippen LogP) is 0.602. The van der Waals surface area contributed by atoms with Crippen LogP contribution in [-0.4, -0.2) is 46.5 Å². The van der Waals surface area contributed by atoms with Gasteiger partial charge in [0.25, 0.3) is 0 Å². The number of nitrogens with zero attached hydrogens (tertiary/aromatic N) is 1. The lowest BCUT2D eigenvalue weighted by atomic mass is 10.0. The van der Waals surface area contributed by atoms with Crippen LogP contribution in [0.4, 0.5) is 0 Å². The highest BCUT2D eigenvalue weighted by Crippen LogP contribution is 2.32. The molecule has 0 aromatic heterocycles. The van der Waals surface area contributed by atoms with Crippen LogP contribution in [0.5, 0.6) is 0 Å². The van der Waals surface area contributed by atoms with Crippen LogP contribution in [0.25, 0.3) is 0 Å². The summed E-state index contributed by atoms with van der Waals surface area (Å²) < 4.78 is 0. The van der Waals surface area contributed by atoms with E-state index < -0.39 is 0 Å². The fraction of sp³-hybridized carbons (Fsp3) is 1.00. The van der Waals surface area contributed by atoms with Crippen molar-refractivity contribution in [3.05, 3.63) is 0 Å². The fourth-order valence-corrected chi connectivity index (χ4v) is 3.04. The van der Waals surface area contributed by atoms with E-state index >= 15 is 0 Å². The standard InChI is InChI=1S/C11H21NO2/c1-8-5-6-12(10(8)7-13)9-3-2-4-11(9)14/h8-11,13-14H,2-7H2,1H3/t8?,9-,10?,11-/m1/s1. The van der Waals surface area contributed by atoms with Crippen molar-refractivity contribution in [1.29, 1.82) is 0 Å². The maximum absolute atomic E-state index is 9.83. The van der Waals surface area contributed by atoms with Gasteiger partial charge in [-0.2, -0.15) is 0 Å². The predicted molar refractivity (Wildman–Crippen MR) is 55.0 cm³/mol. The van der Waals surface area contributed by atoms with Crippen molar-refractivity contribution in [1.82, 2.24) is 4.90 Å². The largest absolute Gasteiger partial charge is 0.395 e. The molecule has 0 spiro atoms. The first-order valence-electron chi connectivity index (χ1n) is 5.78. The molecule has 0 aromatic carbocycles. The number of hydrogen-bond acceptors (Lipinski definition) is 3. The Bertz CT molecular complexity index is 198. The number of aliphatic hydroxyl groups is 2. The zero-order valence-corrected chi connectivity index (χ0v) is 8.89. The zero-order chi connectivity index (χ0) is 10.1. The van der Waals surface area contributed by atoms with Crippen LogP contribution < -0.4 is 0 Å². The Morgan fingerprint density at radius 2 is 2.07 bits per heavy atom. The zero-order valence-electron chi connectivity index (χ0n) is 8.89. The second-order valence-corrected chi connectivity index (χ2v) is 4.82. The molecule has 1 aliphatic heterocycles. The molecule has 1 heterocycles. The molecule has 1 saturated heterocycles. The van der Waals surface area contributed by atoms with Gasteiger partial charge in [0.15, 0.2) is 0 Å². The first kappa shape index (κ1) is 10.4. The van der Waals surface area contributed by atoms with Gasteiger partial charge < -0.3 is 10.2 Å². The minimum absolute atomic E-state index is 0.158. The van der Waals surface area contributed by atoms with E-state index in [0.717, 1.165) is 32.2 Å². The highest BCUT2D eigenvalue weighted by Gasteiger charge is 2.39. The van der Waals surface area contributed by atoms with Crippen molar-refractivity contribution in [3.63, 3.8) is 0 Å². The number of aliphatic hydroxyl groups excluding tert-OH is 2. The van der Waals surface area contributed by atoms with Crippen molar-refractivity contribution >= 4 is 0 Å². The number of hydrogen-bond donors (Lipinski definition) is 2. The van der Waals surface area contributed by atoms with Crippen molar-refractivity contribution in [3.8, 4) is 0 Å². The summed E-state index contributed by atoms with van der Waals surface area (Å²) in [5, 5.41) is 19.2. The minimum Gasteiger partial charge on any atom is -0.395 e. The molecule has 1 aliphatic carbocycles. The molecular weight excluding hydrogens is 178 g/mol. The molecule has 3 heteroatoms. The van der Waals surface area contributed by atoms with Gasteiger partial charge in [0.1, 0.15) is 0 Å². The quantitative estimate of drug-likeness (QED) is 0.684. The molecule has 3 nitrogen and oxygen atoms in total. The van der Waals surface area contributed by atoms with E-state index in [1.165, 1.54) is 0 Å². The van der Waals surface area contributed by atoms with Gasteiger partial charge in [-0.1, -0.05) is 6.92 Å². The molecule has 14 heavy (non-hydrogen) atoms. The van der Waals surface area contributed by atoms with Gasteiger partial charge in [0.2, 0.25) is 0 Å². The lowest BCUT2D eigenvalue weighted by Gasteiger charge is -2.32. The summed E-state index contributed by atoms with van der Waals surface area (Å²) in [6, 6.07) is 0.602. The van der Waals surface area contributed by atoms with Crippen molar-refractivity contribution in [2.24, 2.45) is 5.92 Å². The van der Waals surface area contributed by atoms with Crippen LogP contribution in [0.3, 0.4) is 0 Å². The summed E-state index contributed by atoms with van der Waals surface area (Å²) in [6.07, 6.45) is 4.18. The van der Waals surface area contributed by atoms with Crippen LogP contribution >= 0.6 is 0 Å². The van der Waals surface area contributed by atoms with Gasteiger partial charge in [-0.05, 0) is 38.1 Å². The summed E-state index contributed by atoms with van der Waals surface area (Å²) in [7, 11) is 0. The Morgan fingerprint density at radius 3 is 2.64 bits per heavy atom. The van der Waals surface area contributed by atoms with Crippen molar-refractivity contribution in [2.75, 3.05) is 13.2 Å². The third-order valence-electron chi connectivity index (χ3n) is 3.98. The fourth-order valence-electron chi connectivity index (χ4n) is 3.04. The Hall–Kier alpha value is -0.120. The maximum atomic E-state index is 9.83. The molecule has 4 atom stereocenters. The topological polar surface area (TPSA) is 43.7 Å². The molecule has 0 aromatic rings. The summed E-state index contributed by atoms with van der Waals surface area (Å²) in [6.45, 7) is 3.49. The SMILES string of the molecule is CC1CCN([C@@H]2CCC[C@H]2O)C1CO. The first-order valence-corrected chi connectivity index (χ1v) is 5.78. The van der Waals surface area contributed by atoms with E-state index in [1.54, 1.807) is 0 Å². The van der Waals surface area contributed by atoms with Gasteiger partial charge in [-0.3, -0.25) is 4.90 Å². The molecule has 0 amide bonds. The normalized spacial score (nSPS) is 44.8. The van der Waals surface area contributed by atoms with Gasteiger partial charge in [-0.15, -0.1) is 0 Å². The van der Waals surface area contributed by atoms with Crippen molar-refractivity contribution in [2.45, 2.75) is 50.8 Å². The smallest absolute Gasteiger partial charge is 0.0695 e. The molecule has 2 fully saturated rings. The average molecular weight is 199 g/mol. The van der Waals surface area contributed by atoms with Crippen LogP contribution in [0, 0.1) is 5.92 Å². The van der Waals surface area contributed by atoms with E-state index in [1.807, 2.05) is 0 Å². The number of rotatable bonds is 2. The van der Waals surface area contributed by atoms with Gasteiger partial charge in [-0.25, -0.2) is 0 Å². The molecular formula is C11H21NO2. The molecule has 82 valence electrons. The van der Waals surface area contributed by atoms with Crippen LogP contribution in [0.1, 0.15) is 32.6 Å². The second-order valence-electron chi connectivity index (χ2n) is 4.82. The van der Waals surface area contributed by atoms with E-state index in [4.69, 9.17) is 0 Å². The van der Waals surface area contributed by atoms with Crippen molar-refractivity contribution < 1.29 is 10.2 Å². The summed E-state index contributed by atoms with van der Waals surface area (Å²) in [5.74, 6) is 0.577. The van der Waals surface area contributed by atoms with Gasteiger partial charge >= 0.3 is 0 Å². The Kier molecular flexibility index (Phi) is 3.10. The van der Waals surface area contributed by atoms with E-state index in [-0.39, 0.29) is 18.8 Å². The lowest BCUT2D eigenvalue weighted by Crippen LogP contribution is -2.46. The van der Waals surface area contributed by atoms with E-state index in [0.29, 0.717) is 12.0 Å². The lowest BCUT2D eigenvalue weighted by molar-refractivity contribution is 0.0382. The monoisotopic (exact) mass is 199 g/mol. The summed E-state index contributed by atoms with van der Waals surface area (Å²) >= 11 is 0. The summed E-state index contributed by atoms with van der Waals surface area (Å²) in [5.41, 5.74) is 0. The van der Waals surface area contributed by atoms with E-state index in [9.17, 15) is 10.2 Å². The van der Waals surface area contributed by atoms with Gasteiger partial charge in [0, 0.05) is 12.1 Å². The molecule has 2 rings (SSSR count). The minimum atomic E-state index is -0.158. The maximum Gasteiger partial charge on any atom is 0.0695 e. The molecule has 2 unspecified atom stereocenters. The van der Waals surface area contributed by atoms with Crippen LogP contribution in [0.2, 0.25) is 0 Å². The Labute approximate surface area is 85.7 Å². The average Bonchev–Trinajstić information content (AvgIpc) is 2.71. The third-order valence-corrected chi connectivity index (χ3v) is 3.98. The molecule has 2 aliphatic rings. The molecule has 2 N–H and O–H groups in total. The highest BCUT2D eigenvalue weighted by molar-refractivity contribution is 4.93. The van der Waals surface area contributed by atoms with Crippen LogP contribution in [-0.2, 0) is 0 Å².